The van der Waals surface area contributed by atoms with Gasteiger partial charge in [-0.1, -0.05) is 31.9 Å². The number of carbonyl (C=O) groups is 1. The number of hydrogen-bond donors (Lipinski definition) is 0. The third-order valence-corrected chi connectivity index (χ3v) is 4.43. The summed E-state index contributed by atoms with van der Waals surface area (Å²) in [5, 5.41) is 0. The minimum atomic E-state index is -0.234. The number of carbonyl (C=O) groups excluding carboxylic acids is 1. The van der Waals surface area contributed by atoms with Crippen molar-refractivity contribution in [1.82, 2.24) is 0 Å². The number of hydrogen-bond acceptors (Lipinski definition) is 2. The van der Waals surface area contributed by atoms with Crippen LogP contribution in [0.4, 0.5) is 0 Å². The molecule has 0 amide bonds. The van der Waals surface area contributed by atoms with Gasteiger partial charge in [-0.05, 0) is 19.3 Å². The average molecular weight is 206 g/mol. The molecule has 0 aromatic rings. The molecule has 1 saturated carbocycles. The van der Waals surface area contributed by atoms with Crippen molar-refractivity contribution in [3.05, 3.63) is 12.2 Å². The van der Waals surface area contributed by atoms with E-state index in [4.69, 9.17) is 4.74 Å². The van der Waals surface area contributed by atoms with E-state index in [1.165, 1.54) is 12.8 Å². The zero-order valence-corrected chi connectivity index (χ0v) is 9.24. The van der Waals surface area contributed by atoms with Crippen LogP contribution in [0.1, 0.15) is 39.0 Å². The van der Waals surface area contributed by atoms with Crippen LogP contribution in [0.15, 0.2) is 12.2 Å². The lowest BCUT2D eigenvalue weighted by Crippen LogP contribution is -2.50. The lowest BCUT2D eigenvalue weighted by molar-refractivity contribution is -0.162. The quantitative estimate of drug-likeness (QED) is 0.616. The summed E-state index contributed by atoms with van der Waals surface area (Å²) < 4.78 is 6.12. The Morgan fingerprint density at radius 3 is 3.07 bits per heavy atom. The first kappa shape index (κ1) is 9.59. The molecule has 1 saturated heterocycles. The van der Waals surface area contributed by atoms with Crippen molar-refractivity contribution in [2.45, 2.75) is 50.7 Å². The molecule has 0 spiro atoms. The molecule has 15 heavy (non-hydrogen) atoms. The largest absolute Gasteiger partial charge is 0.362 e. The highest BCUT2D eigenvalue weighted by Crippen LogP contribution is 2.48. The molecule has 2 aliphatic heterocycles. The van der Waals surface area contributed by atoms with Crippen LogP contribution in [0, 0.1) is 11.8 Å². The van der Waals surface area contributed by atoms with Gasteiger partial charge in [0.05, 0.1) is 17.6 Å². The molecule has 2 heterocycles. The van der Waals surface area contributed by atoms with Gasteiger partial charge < -0.3 is 4.74 Å². The van der Waals surface area contributed by atoms with Gasteiger partial charge in [-0.25, -0.2) is 0 Å². The standard InChI is InChI=1S/C13H18O2/c1-2-13-8-7-11(15-13)9-5-3-4-6-10(13)12(9)14/h7-11H,2-6H2,1H3/t9-,10+,11+,13+/m1/s1. The molecule has 0 radical (unpaired) electrons. The van der Waals surface area contributed by atoms with E-state index in [9.17, 15) is 4.79 Å². The van der Waals surface area contributed by atoms with Crippen molar-refractivity contribution in [2.75, 3.05) is 0 Å². The van der Waals surface area contributed by atoms with Crippen molar-refractivity contribution in [3.63, 3.8) is 0 Å². The second-order valence-corrected chi connectivity index (χ2v) is 5.10. The second kappa shape index (κ2) is 3.18. The predicted octanol–water partition coefficient (Wildman–Crippen LogP) is 2.48. The van der Waals surface area contributed by atoms with Gasteiger partial charge in [0.25, 0.3) is 0 Å². The number of ether oxygens (including phenoxy) is 1. The van der Waals surface area contributed by atoms with Crippen molar-refractivity contribution >= 4 is 5.78 Å². The topological polar surface area (TPSA) is 26.3 Å². The highest BCUT2D eigenvalue weighted by Gasteiger charge is 2.54. The Morgan fingerprint density at radius 1 is 1.47 bits per heavy atom. The summed E-state index contributed by atoms with van der Waals surface area (Å²) in [6.45, 7) is 2.13. The Kier molecular flexibility index (Phi) is 2.03. The van der Waals surface area contributed by atoms with Crippen LogP contribution in [0.5, 0.6) is 0 Å². The normalized spacial score (nSPS) is 48.1. The zero-order chi connectivity index (χ0) is 10.5. The number of rotatable bonds is 1. The van der Waals surface area contributed by atoms with E-state index in [1.807, 2.05) is 0 Å². The molecular formula is C13H18O2. The molecule has 4 bridgehead atoms. The highest BCUT2D eigenvalue weighted by molar-refractivity contribution is 5.87. The molecule has 3 aliphatic rings. The molecular weight excluding hydrogens is 188 g/mol. The van der Waals surface area contributed by atoms with Crippen LogP contribution in [0.3, 0.4) is 0 Å². The monoisotopic (exact) mass is 206 g/mol. The van der Waals surface area contributed by atoms with Gasteiger partial charge in [-0.15, -0.1) is 0 Å². The number of fused-ring (bicyclic) bond motifs is 6. The van der Waals surface area contributed by atoms with E-state index in [0.29, 0.717) is 5.78 Å². The van der Waals surface area contributed by atoms with Crippen LogP contribution in [0.25, 0.3) is 0 Å². The van der Waals surface area contributed by atoms with E-state index in [-0.39, 0.29) is 23.5 Å². The van der Waals surface area contributed by atoms with Gasteiger partial charge in [0.1, 0.15) is 5.78 Å². The third-order valence-electron chi connectivity index (χ3n) is 4.43. The molecule has 2 fully saturated rings. The fourth-order valence-electron chi connectivity index (χ4n) is 3.52. The van der Waals surface area contributed by atoms with Gasteiger partial charge in [0.15, 0.2) is 0 Å². The van der Waals surface area contributed by atoms with E-state index in [2.05, 4.69) is 19.1 Å². The lowest BCUT2D eigenvalue weighted by atomic mass is 9.76. The third kappa shape index (κ3) is 1.17. The zero-order valence-electron chi connectivity index (χ0n) is 9.24. The molecule has 2 heteroatoms. The summed E-state index contributed by atoms with van der Waals surface area (Å²) in [6.07, 6.45) is 9.78. The summed E-state index contributed by atoms with van der Waals surface area (Å²) in [4.78, 5) is 12.3. The van der Waals surface area contributed by atoms with E-state index in [0.717, 1.165) is 19.3 Å². The van der Waals surface area contributed by atoms with Crippen molar-refractivity contribution < 1.29 is 9.53 Å². The first-order chi connectivity index (χ1) is 7.27. The summed E-state index contributed by atoms with van der Waals surface area (Å²) in [7, 11) is 0. The molecule has 0 aromatic carbocycles. The fraction of sp³-hybridized carbons (Fsp3) is 0.769. The summed E-state index contributed by atoms with van der Waals surface area (Å²) in [6, 6.07) is 0. The van der Waals surface area contributed by atoms with Crippen molar-refractivity contribution in [1.29, 1.82) is 0 Å². The molecule has 82 valence electrons. The first-order valence-corrected chi connectivity index (χ1v) is 6.18. The van der Waals surface area contributed by atoms with Gasteiger partial charge in [0.2, 0.25) is 0 Å². The maximum atomic E-state index is 12.3. The Balaban J connectivity index is 2.03. The molecule has 4 atom stereocenters. The number of ketones is 1. The summed E-state index contributed by atoms with van der Waals surface area (Å²) in [5.74, 6) is 0.788. The lowest BCUT2D eigenvalue weighted by Gasteiger charge is -2.41. The molecule has 0 N–H and O–H groups in total. The van der Waals surface area contributed by atoms with E-state index in [1.54, 1.807) is 0 Å². The van der Waals surface area contributed by atoms with Gasteiger partial charge in [-0.2, -0.15) is 0 Å². The molecule has 0 unspecified atom stereocenters. The average Bonchev–Trinajstić information content (AvgIpc) is 2.58. The van der Waals surface area contributed by atoms with Crippen molar-refractivity contribution in [3.8, 4) is 0 Å². The van der Waals surface area contributed by atoms with Gasteiger partial charge in [0, 0.05) is 5.92 Å². The maximum Gasteiger partial charge on any atom is 0.145 e. The van der Waals surface area contributed by atoms with Crippen molar-refractivity contribution in [2.24, 2.45) is 11.8 Å². The van der Waals surface area contributed by atoms with Crippen LogP contribution in [-0.2, 0) is 9.53 Å². The van der Waals surface area contributed by atoms with Gasteiger partial charge in [-0.3, -0.25) is 4.79 Å². The van der Waals surface area contributed by atoms with Crippen LogP contribution in [-0.4, -0.2) is 17.5 Å². The highest BCUT2D eigenvalue weighted by atomic mass is 16.5. The van der Waals surface area contributed by atoms with E-state index < -0.39 is 0 Å². The Hall–Kier alpha value is -0.630. The SMILES string of the molecule is CC[C@@]12C=C[C@H](O1)[C@H]1CCCC[C@H]2C1=O. The summed E-state index contributed by atoms with van der Waals surface area (Å²) >= 11 is 0. The molecule has 3 rings (SSSR count). The number of Topliss-reactive ketones (excluding diaryl/α,β-unsaturated/α-hetero) is 1. The second-order valence-electron chi connectivity index (χ2n) is 5.10. The van der Waals surface area contributed by atoms with Gasteiger partial charge >= 0.3 is 0 Å². The van der Waals surface area contributed by atoms with E-state index >= 15 is 0 Å². The minimum absolute atomic E-state index is 0.0896. The maximum absolute atomic E-state index is 12.3. The van der Waals surface area contributed by atoms with Crippen LogP contribution in [0.2, 0.25) is 0 Å². The Bertz CT molecular complexity index is 320. The van der Waals surface area contributed by atoms with Crippen LogP contribution >= 0.6 is 0 Å². The fourth-order valence-corrected chi connectivity index (χ4v) is 3.52. The first-order valence-electron chi connectivity index (χ1n) is 6.18. The summed E-state index contributed by atoms with van der Waals surface area (Å²) in [5.41, 5.74) is -0.234. The minimum Gasteiger partial charge on any atom is -0.362 e. The molecule has 1 aliphatic carbocycles. The predicted molar refractivity (Wildman–Crippen MR) is 57.5 cm³/mol. The molecule has 0 aromatic heterocycles. The smallest absolute Gasteiger partial charge is 0.145 e. The Morgan fingerprint density at radius 2 is 2.27 bits per heavy atom. The Labute approximate surface area is 90.7 Å². The van der Waals surface area contributed by atoms with Crippen LogP contribution < -0.4 is 0 Å². The molecule has 2 nitrogen and oxygen atoms in total.